The van der Waals surface area contributed by atoms with E-state index in [1.807, 2.05) is 0 Å². The number of aryl methyl sites for hydroxylation is 2. The summed E-state index contributed by atoms with van der Waals surface area (Å²) in [6.45, 7) is 9.28. The molecular weight excluding hydrogens is 288 g/mol. The maximum atomic E-state index is 10.6. The number of phenolic OH excluding ortho intramolecular Hbond substituents is 1. The summed E-state index contributed by atoms with van der Waals surface area (Å²) in [4.78, 5) is 1.52. The van der Waals surface area contributed by atoms with Gasteiger partial charge in [-0.3, -0.25) is 0 Å². The van der Waals surface area contributed by atoms with Gasteiger partial charge in [0.1, 0.15) is 16.2 Å². The van der Waals surface area contributed by atoms with Crippen molar-refractivity contribution in [3.05, 3.63) is 23.3 Å². The highest BCUT2D eigenvalue weighted by Crippen LogP contribution is 2.38. The number of rotatable bonds is 7. The maximum absolute atomic E-state index is 10.6. The van der Waals surface area contributed by atoms with Crippen LogP contribution in [0.15, 0.2) is 17.0 Å². The largest absolute Gasteiger partial charge is 0.507 e. The molecule has 1 aromatic rings. The average molecular weight is 322 g/mol. The molecule has 0 amide bonds. The van der Waals surface area contributed by atoms with E-state index >= 15 is 0 Å². The normalized spacial score (nSPS) is 24.8. The summed E-state index contributed by atoms with van der Waals surface area (Å²) in [5.74, 6) is 0.591. The Balaban J connectivity index is 2.35. The molecule has 0 radical (unpaired) electrons. The third kappa shape index (κ3) is 4.01. The summed E-state index contributed by atoms with van der Waals surface area (Å²) >= 11 is 0. The second-order valence-electron chi connectivity index (χ2n) is 6.87. The standard InChI is InChI=1S/C20H32OS/c1-5-7-9-17-13-19(22-15(3)11-12-16(22)4)14-18(20(17)21)10-8-6-2/h13-16H,5-12H2,1-4H3/p+1. The van der Waals surface area contributed by atoms with Gasteiger partial charge in [0, 0.05) is 23.0 Å². The van der Waals surface area contributed by atoms with Gasteiger partial charge in [-0.15, -0.1) is 0 Å². The van der Waals surface area contributed by atoms with Crippen molar-refractivity contribution in [3.63, 3.8) is 0 Å². The molecular formula is C20H33OS+. The number of hydrogen-bond acceptors (Lipinski definition) is 1. The second kappa shape index (κ2) is 8.29. The zero-order chi connectivity index (χ0) is 16.1. The predicted molar refractivity (Wildman–Crippen MR) is 99.1 cm³/mol. The molecule has 1 fully saturated rings. The van der Waals surface area contributed by atoms with Crippen LogP contribution >= 0.6 is 0 Å². The van der Waals surface area contributed by atoms with Crippen LogP contribution in [0.2, 0.25) is 0 Å². The Kier molecular flexibility index (Phi) is 6.67. The average Bonchev–Trinajstić information content (AvgIpc) is 2.84. The van der Waals surface area contributed by atoms with Crippen molar-refractivity contribution >= 4 is 10.9 Å². The Morgan fingerprint density at radius 3 is 1.82 bits per heavy atom. The molecule has 0 spiro atoms. The topological polar surface area (TPSA) is 20.2 Å². The Morgan fingerprint density at radius 1 is 0.955 bits per heavy atom. The molecule has 0 aliphatic carbocycles. The number of phenols is 1. The molecule has 2 rings (SSSR count). The van der Waals surface area contributed by atoms with Gasteiger partial charge in [-0.1, -0.05) is 26.7 Å². The third-order valence-electron chi connectivity index (χ3n) is 4.96. The molecule has 0 aromatic heterocycles. The fraction of sp³-hybridized carbons (Fsp3) is 0.700. The van der Waals surface area contributed by atoms with Crippen LogP contribution in [0, 0.1) is 0 Å². The SMILES string of the molecule is CCCCc1cc([S+]2C(C)CCC2C)cc(CCCC)c1O. The molecule has 0 saturated carbocycles. The van der Waals surface area contributed by atoms with E-state index in [0.29, 0.717) is 16.6 Å². The lowest BCUT2D eigenvalue weighted by molar-refractivity contribution is 0.458. The first-order chi connectivity index (χ1) is 10.6. The fourth-order valence-corrected chi connectivity index (χ4v) is 6.62. The van der Waals surface area contributed by atoms with Crippen LogP contribution in [0.4, 0.5) is 0 Å². The van der Waals surface area contributed by atoms with Crippen molar-refractivity contribution in [1.29, 1.82) is 0 Å². The molecule has 1 heterocycles. The lowest BCUT2D eigenvalue weighted by atomic mass is 10.0. The first kappa shape index (κ1) is 17.7. The molecule has 0 bridgehead atoms. The first-order valence-electron chi connectivity index (χ1n) is 9.15. The fourth-order valence-electron chi connectivity index (χ4n) is 3.56. The number of hydrogen-bond donors (Lipinski definition) is 1. The molecule has 1 nitrogen and oxygen atoms in total. The van der Waals surface area contributed by atoms with Gasteiger partial charge in [0.2, 0.25) is 0 Å². The van der Waals surface area contributed by atoms with Crippen molar-refractivity contribution < 1.29 is 5.11 Å². The lowest BCUT2D eigenvalue weighted by Gasteiger charge is -2.16. The van der Waals surface area contributed by atoms with Crippen molar-refractivity contribution in [2.45, 2.75) is 94.5 Å². The molecule has 1 saturated heterocycles. The van der Waals surface area contributed by atoms with E-state index in [0.717, 1.165) is 23.3 Å². The summed E-state index contributed by atoms with van der Waals surface area (Å²) in [7, 11) is 0.369. The highest BCUT2D eigenvalue weighted by molar-refractivity contribution is 7.98. The lowest BCUT2D eigenvalue weighted by Crippen LogP contribution is -2.20. The van der Waals surface area contributed by atoms with Crippen LogP contribution in [0.5, 0.6) is 5.75 Å². The van der Waals surface area contributed by atoms with Crippen LogP contribution in [0.3, 0.4) is 0 Å². The highest BCUT2D eigenvalue weighted by Gasteiger charge is 2.41. The Morgan fingerprint density at radius 2 is 1.41 bits per heavy atom. The minimum absolute atomic E-state index is 0.369. The minimum atomic E-state index is 0.369. The number of benzene rings is 1. The summed E-state index contributed by atoms with van der Waals surface area (Å²) in [5, 5.41) is 12.3. The zero-order valence-electron chi connectivity index (χ0n) is 14.8. The van der Waals surface area contributed by atoms with E-state index < -0.39 is 0 Å². The van der Waals surface area contributed by atoms with Crippen molar-refractivity contribution in [1.82, 2.24) is 0 Å². The van der Waals surface area contributed by atoms with Gasteiger partial charge < -0.3 is 5.11 Å². The number of aromatic hydroxyl groups is 1. The molecule has 1 aliphatic heterocycles. The molecule has 1 aliphatic rings. The van der Waals surface area contributed by atoms with Gasteiger partial charge in [-0.25, -0.2) is 0 Å². The molecule has 2 atom stereocenters. The van der Waals surface area contributed by atoms with Crippen LogP contribution in [0.1, 0.15) is 77.3 Å². The van der Waals surface area contributed by atoms with Crippen molar-refractivity contribution in [2.24, 2.45) is 0 Å². The van der Waals surface area contributed by atoms with Crippen LogP contribution in [-0.2, 0) is 23.7 Å². The molecule has 124 valence electrons. The van der Waals surface area contributed by atoms with E-state index in [1.165, 1.54) is 54.5 Å². The Labute approximate surface area is 139 Å². The maximum Gasteiger partial charge on any atom is 0.156 e. The number of unbranched alkanes of at least 4 members (excludes halogenated alkanes) is 2. The summed E-state index contributed by atoms with van der Waals surface area (Å²) < 4.78 is 0. The smallest absolute Gasteiger partial charge is 0.156 e. The van der Waals surface area contributed by atoms with Gasteiger partial charge in [-0.05, 0) is 63.5 Å². The minimum Gasteiger partial charge on any atom is -0.507 e. The summed E-state index contributed by atoms with van der Waals surface area (Å²) in [6.07, 6.45) is 9.48. The third-order valence-corrected chi connectivity index (χ3v) is 7.94. The van der Waals surface area contributed by atoms with Gasteiger partial charge in [0.25, 0.3) is 0 Å². The van der Waals surface area contributed by atoms with Crippen molar-refractivity contribution in [3.8, 4) is 5.75 Å². The van der Waals surface area contributed by atoms with Gasteiger partial charge in [0.05, 0.1) is 0 Å². The van der Waals surface area contributed by atoms with Crippen molar-refractivity contribution in [2.75, 3.05) is 0 Å². The van der Waals surface area contributed by atoms with E-state index in [4.69, 9.17) is 0 Å². The van der Waals surface area contributed by atoms with Crippen LogP contribution in [0.25, 0.3) is 0 Å². The molecule has 2 unspecified atom stereocenters. The zero-order valence-corrected chi connectivity index (χ0v) is 15.6. The first-order valence-corrected chi connectivity index (χ1v) is 10.5. The molecule has 1 aromatic carbocycles. The molecule has 1 N–H and O–H groups in total. The molecule has 2 heteroatoms. The summed E-state index contributed by atoms with van der Waals surface area (Å²) in [5.41, 5.74) is 2.40. The highest BCUT2D eigenvalue weighted by atomic mass is 32.2. The Bertz CT molecular complexity index is 444. The van der Waals surface area contributed by atoms with Gasteiger partial charge in [0.15, 0.2) is 4.90 Å². The summed E-state index contributed by atoms with van der Waals surface area (Å²) in [6, 6.07) is 4.67. The molecule has 22 heavy (non-hydrogen) atoms. The van der Waals surface area contributed by atoms with Gasteiger partial charge >= 0.3 is 0 Å². The van der Waals surface area contributed by atoms with E-state index in [9.17, 15) is 5.11 Å². The van der Waals surface area contributed by atoms with E-state index in [1.54, 1.807) is 0 Å². The van der Waals surface area contributed by atoms with Crippen LogP contribution < -0.4 is 0 Å². The van der Waals surface area contributed by atoms with E-state index in [-0.39, 0.29) is 0 Å². The Hall–Kier alpha value is -0.630. The van der Waals surface area contributed by atoms with E-state index in [2.05, 4.69) is 39.8 Å². The predicted octanol–water partition coefficient (Wildman–Crippen LogP) is 5.63. The van der Waals surface area contributed by atoms with Gasteiger partial charge in [-0.2, -0.15) is 0 Å². The second-order valence-corrected chi connectivity index (χ2v) is 9.69. The van der Waals surface area contributed by atoms with Crippen LogP contribution in [-0.4, -0.2) is 15.6 Å². The quantitative estimate of drug-likeness (QED) is 0.646. The monoisotopic (exact) mass is 321 g/mol.